The van der Waals surface area contributed by atoms with Crippen molar-refractivity contribution in [1.29, 1.82) is 0 Å². The molecule has 4 aromatic rings. The summed E-state index contributed by atoms with van der Waals surface area (Å²) in [4.78, 5) is 0. The van der Waals surface area contributed by atoms with E-state index in [0.717, 1.165) is 30.1 Å². The summed E-state index contributed by atoms with van der Waals surface area (Å²) in [7, 11) is 6.22. The molecular formula is C40H49B2Y-2. The van der Waals surface area contributed by atoms with Gasteiger partial charge in [-0.1, -0.05) is 89.1 Å². The van der Waals surface area contributed by atoms with Gasteiger partial charge in [0.05, 0.1) is 7.17 Å². The van der Waals surface area contributed by atoms with Crippen molar-refractivity contribution in [3.63, 3.8) is 0 Å². The van der Waals surface area contributed by atoms with Gasteiger partial charge in [-0.05, 0) is 67.6 Å². The van der Waals surface area contributed by atoms with Crippen molar-refractivity contribution < 1.29 is 32.7 Å². The number of hydrogen-bond donors (Lipinski definition) is 0. The maximum Gasteiger partial charge on any atom is 0.0502 e. The second-order valence-electron chi connectivity index (χ2n) is 11.6. The van der Waals surface area contributed by atoms with Gasteiger partial charge in [-0.25, -0.2) is 0 Å². The normalized spacial score (nSPS) is 24.5. The van der Waals surface area contributed by atoms with E-state index in [9.17, 15) is 0 Å². The quantitative estimate of drug-likeness (QED) is 0.133. The largest absolute Gasteiger partial charge is 0.143 e. The minimum atomic E-state index is 0. The number of benzene rings is 4. The molecule has 4 radical (unpaired) electrons. The fourth-order valence-corrected chi connectivity index (χ4v) is 8.59. The first kappa shape index (κ1) is 35.8. The topological polar surface area (TPSA) is 0 Å². The van der Waals surface area contributed by atoms with Crippen LogP contribution in [0.1, 0.15) is 95.9 Å². The van der Waals surface area contributed by atoms with Gasteiger partial charge in [0.1, 0.15) is 0 Å². The third kappa shape index (κ3) is 6.68. The summed E-state index contributed by atoms with van der Waals surface area (Å²) in [6.07, 6.45) is 8.06. The molecule has 0 nitrogen and oxygen atoms in total. The molecule has 43 heavy (non-hydrogen) atoms. The Morgan fingerprint density at radius 3 is 1.84 bits per heavy atom. The van der Waals surface area contributed by atoms with Gasteiger partial charge in [0.25, 0.3) is 0 Å². The maximum absolute atomic E-state index is 4.72. The van der Waals surface area contributed by atoms with Crippen LogP contribution in [-0.2, 0) is 44.5 Å². The average Bonchev–Trinajstić information content (AvgIpc) is 3.42. The summed E-state index contributed by atoms with van der Waals surface area (Å²) < 4.78 is 0. The van der Waals surface area contributed by atoms with Gasteiger partial charge in [0, 0.05) is 40.4 Å². The maximum atomic E-state index is 4.72. The molecule has 4 bridgehead atoms. The molecule has 0 amide bonds. The number of hydrogen-bond acceptors (Lipinski definition) is 0. The predicted molar refractivity (Wildman–Crippen MR) is 186 cm³/mol. The van der Waals surface area contributed by atoms with Crippen molar-refractivity contribution in [2.45, 2.75) is 92.3 Å². The molecule has 3 heteroatoms. The fraction of sp³-hybridized carbons (Fsp3) is 0.450. The minimum Gasteiger partial charge on any atom is -0.143 e. The van der Waals surface area contributed by atoms with Crippen LogP contribution >= 0.6 is 0 Å². The van der Waals surface area contributed by atoms with Gasteiger partial charge in [-0.15, -0.1) is 88.4 Å². The van der Waals surface area contributed by atoms with E-state index < -0.39 is 0 Å². The number of fused-ring (bicyclic) bond motifs is 4. The Labute approximate surface area is 290 Å². The Morgan fingerprint density at radius 1 is 0.651 bits per heavy atom. The molecule has 4 aromatic carbocycles. The number of rotatable bonds is 2. The van der Waals surface area contributed by atoms with Crippen LogP contribution in [-0.4, -0.2) is 14.9 Å². The van der Waals surface area contributed by atoms with Crippen molar-refractivity contribution in [2.75, 3.05) is 0 Å². The van der Waals surface area contributed by atoms with Crippen molar-refractivity contribution in [3.05, 3.63) is 107 Å². The Hall–Kier alpha value is -1.63. The zero-order chi connectivity index (χ0) is 30.3. The Kier molecular flexibility index (Phi) is 13.9. The smallest absolute Gasteiger partial charge is 0.0502 e. The molecule has 4 saturated carbocycles. The molecule has 0 atom stereocenters. The predicted octanol–water partition coefficient (Wildman–Crippen LogP) is 10.7. The van der Waals surface area contributed by atoms with Crippen molar-refractivity contribution in [2.24, 2.45) is 23.7 Å². The van der Waals surface area contributed by atoms with Gasteiger partial charge < -0.3 is 0 Å². The second-order valence-corrected chi connectivity index (χ2v) is 11.6. The van der Waals surface area contributed by atoms with E-state index in [2.05, 4.69) is 84.9 Å². The second kappa shape index (κ2) is 16.6. The molecule has 5 aliphatic rings. The molecular weight excluding hydrogens is 591 g/mol. The van der Waals surface area contributed by atoms with Crippen LogP contribution in [0.5, 0.6) is 0 Å². The van der Waals surface area contributed by atoms with Crippen molar-refractivity contribution >= 4 is 25.7 Å². The van der Waals surface area contributed by atoms with Crippen LogP contribution in [0.3, 0.4) is 0 Å². The first-order valence-electron chi connectivity index (χ1n) is 16.8. The van der Waals surface area contributed by atoms with Crippen LogP contribution in [0, 0.1) is 35.8 Å². The van der Waals surface area contributed by atoms with Crippen LogP contribution in [0.4, 0.5) is 0 Å². The Bertz CT molecular complexity index is 1410. The summed E-state index contributed by atoms with van der Waals surface area (Å²) in [5.41, 5.74) is 8.59. The molecule has 0 N–H and O–H groups in total. The van der Waals surface area contributed by atoms with Gasteiger partial charge in [-0.3, -0.25) is 0 Å². The molecule has 4 fully saturated rings. The third-order valence-corrected chi connectivity index (χ3v) is 9.68. The molecule has 0 aliphatic heterocycles. The molecule has 0 heterocycles. The molecule has 0 aromatic heterocycles. The SMILES string of the molecule is CC.CC.CC.[B][B]C.[Y].[c-]1c(C2(c3[c-]c4ccccc4cc3)C3CC4CC(C3)CC2C4)ccc2c1-c1ccccc1C2. The van der Waals surface area contributed by atoms with Gasteiger partial charge in [-0.2, -0.15) is 0 Å². The van der Waals surface area contributed by atoms with E-state index in [-0.39, 0.29) is 38.1 Å². The Morgan fingerprint density at radius 2 is 1.19 bits per heavy atom. The van der Waals surface area contributed by atoms with Crippen LogP contribution in [0.25, 0.3) is 21.9 Å². The van der Waals surface area contributed by atoms with E-state index in [1.807, 2.05) is 41.5 Å². The summed E-state index contributed by atoms with van der Waals surface area (Å²) in [6.45, 7) is 13.8. The van der Waals surface area contributed by atoms with E-state index in [1.54, 1.807) is 6.82 Å². The van der Waals surface area contributed by atoms with Crippen LogP contribution in [0.15, 0.2) is 72.8 Å². The molecule has 0 saturated heterocycles. The van der Waals surface area contributed by atoms with E-state index in [4.69, 9.17) is 7.74 Å². The molecule has 0 unspecified atom stereocenters. The van der Waals surface area contributed by atoms with E-state index in [1.165, 1.54) is 83.4 Å². The van der Waals surface area contributed by atoms with Gasteiger partial charge in [0.2, 0.25) is 0 Å². The zero-order valence-electron chi connectivity index (χ0n) is 27.7. The molecule has 5 aliphatic carbocycles. The molecule has 0 spiro atoms. The molecule has 220 valence electrons. The monoisotopic (exact) mass is 640 g/mol. The van der Waals surface area contributed by atoms with E-state index in [0.29, 0.717) is 0 Å². The van der Waals surface area contributed by atoms with Crippen LogP contribution in [0.2, 0.25) is 6.82 Å². The van der Waals surface area contributed by atoms with Gasteiger partial charge >= 0.3 is 0 Å². The zero-order valence-corrected chi connectivity index (χ0v) is 30.6. The minimum absolute atomic E-state index is 0. The van der Waals surface area contributed by atoms with Gasteiger partial charge in [0.15, 0.2) is 0 Å². The summed E-state index contributed by atoms with van der Waals surface area (Å²) in [5.74, 6) is 3.32. The summed E-state index contributed by atoms with van der Waals surface area (Å²) in [6, 6.07) is 35.4. The first-order valence-corrected chi connectivity index (χ1v) is 16.8. The molecule has 9 rings (SSSR count). The van der Waals surface area contributed by atoms with E-state index >= 15 is 0 Å². The standard InChI is InChI=1S/C33H28.3C2H6.CH3B2.Y/c1-2-6-24-19-27(11-9-23(24)5-1)33(29-14-21-13-22(16-29)17-30(33)15-21)28-12-10-26-18-25-7-3-4-8-31(25)32(26)20-28;3*1-2;1-3-2;/h1-12,21-22,29-30H,13-18H2;3*1-2H3;1H3;/q-2;;;;;. The third-order valence-electron chi connectivity index (χ3n) is 9.68. The van der Waals surface area contributed by atoms with Crippen molar-refractivity contribution in [3.8, 4) is 11.1 Å². The summed E-state index contributed by atoms with van der Waals surface area (Å²) >= 11 is 0. The fourth-order valence-electron chi connectivity index (χ4n) is 8.59. The Balaban J connectivity index is 0.000000464. The summed E-state index contributed by atoms with van der Waals surface area (Å²) in [5, 5.41) is 2.56. The first-order chi connectivity index (χ1) is 20.7. The van der Waals surface area contributed by atoms with Crippen molar-refractivity contribution in [1.82, 2.24) is 0 Å². The van der Waals surface area contributed by atoms with Crippen LogP contribution < -0.4 is 0 Å². The average molecular weight is 640 g/mol.